The lowest BCUT2D eigenvalue weighted by Gasteiger charge is -2.49. The van der Waals surface area contributed by atoms with Gasteiger partial charge >= 0.3 is 0 Å². The van der Waals surface area contributed by atoms with Crippen molar-refractivity contribution in [1.29, 1.82) is 0 Å². The fourth-order valence-corrected chi connectivity index (χ4v) is 5.58. The Labute approximate surface area is 134 Å². The van der Waals surface area contributed by atoms with Crippen molar-refractivity contribution in [2.75, 3.05) is 7.11 Å². The van der Waals surface area contributed by atoms with Gasteiger partial charge in [-0.3, -0.25) is 0 Å². The molecule has 0 unspecified atom stereocenters. The zero-order valence-electron chi connectivity index (χ0n) is 14.2. The molecule has 22 heavy (non-hydrogen) atoms. The summed E-state index contributed by atoms with van der Waals surface area (Å²) in [6, 6.07) is 8.67. The minimum atomic E-state index is -0.0756. The molecule has 0 radical (unpaired) electrons. The molecule has 3 rings (SSSR count). The quantitative estimate of drug-likeness (QED) is 0.868. The molecular formula is C20H30O2. The third-order valence-corrected chi connectivity index (χ3v) is 6.78. The van der Waals surface area contributed by atoms with Crippen LogP contribution in [0.3, 0.4) is 0 Å². The van der Waals surface area contributed by atoms with E-state index in [9.17, 15) is 5.11 Å². The van der Waals surface area contributed by atoms with Gasteiger partial charge in [0.05, 0.1) is 13.2 Å². The molecule has 0 spiro atoms. The summed E-state index contributed by atoms with van der Waals surface area (Å²) in [5, 5.41) is 10.6. The molecule has 0 aliphatic heterocycles. The Morgan fingerprint density at radius 2 is 1.86 bits per heavy atom. The van der Waals surface area contributed by atoms with E-state index < -0.39 is 0 Å². The Balaban J connectivity index is 1.88. The van der Waals surface area contributed by atoms with E-state index in [1.165, 1.54) is 31.2 Å². The smallest absolute Gasteiger partial charge is 0.118 e. The van der Waals surface area contributed by atoms with Gasteiger partial charge in [0.2, 0.25) is 0 Å². The summed E-state index contributed by atoms with van der Waals surface area (Å²) >= 11 is 0. The second kappa shape index (κ2) is 6.23. The molecule has 1 aromatic rings. The number of aliphatic hydroxyl groups excluding tert-OH is 1. The van der Waals surface area contributed by atoms with Crippen LogP contribution in [0, 0.1) is 17.3 Å². The van der Waals surface area contributed by atoms with Crippen molar-refractivity contribution in [2.45, 2.75) is 64.4 Å². The molecule has 0 amide bonds. The maximum Gasteiger partial charge on any atom is 0.118 e. The Morgan fingerprint density at radius 3 is 2.45 bits per heavy atom. The van der Waals surface area contributed by atoms with Gasteiger partial charge in [-0.15, -0.1) is 0 Å². The van der Waals surface area contributed by atoms with Crippen molar-refractivity contribution in [3.63, 3.8) is 0 Å². The van der Waals surface area contributed by atoms with E-state index in [2.05, 4.69) is 38.1 Å². The highest BCUT2D eigenvalue weighted by molar-refractivity contribution is 5.30. The average Bonchev–Trinajstić information content (AvgIpc) is 2.91. The summed E-state index contributed by atoms with van der Waals surface area (Å²) in [5.74, 6) is 2.98. The van der Waals surface area contributed by atoms with Crippen molar-refractivity contribution in [3.8, 4) is 5.75 Å². The van der Waals surface area contributed by atoms with Crippen LogP contribution < -0.4 is 4.74 Å². The summed E-state index contributed by atoms with van der Waals surface area (Å²) in [7, 11) is 1.72. The fraction of sp³-hybridized carbons (Fsp3) is 0.700. The number of aliphatic hydroxyl groups is 1. The summed E-state index contributed by atoms with van der Waals surface area (Å²) < 4.78 is 5.29. The molecule has 2 aliphatic rings. The maximum atomic E-state index is 10.6. The molecule has 2 aliphatic carbocycles. The largest absolute Gasteiger partial charge is 0.497 e. The van der Waals surface area contributed by atoms with E-state index in [1.54, 1.807) is 7.11 Å². The summed E-state index contributed by atoms with van der Waals surface area (Å²) in [6.45, 7) is 4.61. The summed E-state index contributed by atoms with van der Waals surface area (Å²) in [6.07, 6.45) is 6.88. The number of methoxy groups -OCH3 is 1. The van der Waals surface area contributed by atoms with Crippen LogP contribution in [0.25, 0.3) is 0 Å². The lowest BCUT2D eigenvalue weighted by molar-refractivity contribution is -0.0365. The second-order valence-electron chi connectivity index (χ2n) is 7.28. The minimum Gasteiger partial charge on any atom is -0.497 e. The van der Waals surface area contributed by atoms with Crippen LogP contribution in [-0.4, -0.2) is 18.3 Å². The Bertz CT molecular complexity index is 495. The summed E-state index contributed by atoms with van der Waals surface area (Å²) in [4.78, 5) is 0. The van der Waals surface area contributed by atoms with Crippen LogP contribution in [0.5, 0.6) is 5.75 Å². The standard InChI is InChI=1S/C20H30O2/c1-4-16-17(14-6-8-15(22-3)9-7-14)12-13-20(5-2)18(16)10-11-19(20)21/h6-9,16-19,21H,4-5,10-13H2,1-3H3/t16-,17+,18+,19+,20+/m0/s1. The van der Waals surface area contributed by atoms with Crippen molar-refractivity contribution in [3.05, 3.63) is 29.8 Å². The van der Waals surface area contributed by atoms with Crippen molar-refractivity contribution in [1.82, 2.24) is 0 Å². The molecule has 5 atom stereocenters. The van der Waals surface area contributed by atoms with Crippen molar-refractivity contribution < 1.29 is 9.84 Å². The lowest BCUT2D eigenvalue weighted by Crippen LogP contribution is -2.44. The molecule has 1 N–H and O–H groups in total. The van der Waals surface area contributed by atoms with Gasteiger partial charge in [0.15, 0.2) is 0 Å². The van der Waals surface area contributed by atoms with Gasteiger partial charge in [0, 0.05) is 0 Å². The predicted octanol–water partition coefficient (Wildman–Crippen LogP) is 4.77. The fourth-order valence-electron chi connectivity index (χ4n) is 5.58. The molecular weight excluding hydrogens is 272 g/mol. The van der Waals surface area contributed by atoms with E-state index in [1.807, 2.05) is 0 Å². The number of fused-ring (bicyclic) bond motifs is 1. The van der Waals surface area contributed by atoms with Crippen LogP contribution in [0.4, 0.5) is 0 Å². The van der Waals surface area contributed by atoms with Gasteiger partial charge in [0.1, 0.15) is 5.75 Å². The minimum absolute atomic E-state index is 0.0756. The Hall–Kier alpha value is -1.02. The zero-order valence-corrected chi connectivity index (χ0v) is 14.2. The predicted molar refractivity (Wildman–Crippen MR) is 90.2 cm³/mol. The molecule has 2 heteroatoms. The highest BCUT2D eigenvalue weighted by Gasteiger charge is 2.54. The van der Waals surface area contributed by atoms with E-state index in [0.717, 1.165) is 18.6 Å². The first-order valence-corrected chi connectivity index (χ1v) is 8.98. The number of benzene rings is 1. The maximum absolute atomic E-state index is 10.6. The van der Waals surface area contributed by atoms with E-state index in [0.29, 0.717) is 17.8 Å². The van der Waals surface area contributed by atoms with Gasteiger partial charge in [0.25, 0.3) is 0 Å². The van der Waals surface area contributed by atoms with Crippen LogP contribution >= 0.6 is 0 Å². The molecule has 0 aromatic heterocycles. The average molecular weight is 302 g/mol. The zero-order chi connectivity index (χ0) is 15.7. The van der Waals surface area contributed by atoms with Gasteiger partial charge in [-0.25, -0.2) is 0 Å². The van der Waals surface area contributed by atoms with Crippen LogP contribution in [0.1, 0.15) is 63.9 Å². The highest BCUT2D eigenvalue weighted by atomic mass is 16.5. The molecule has 0 saturated heterocycles. The normalized spacial score (nSPS) is 37.8. The second-order valence-corrected chi connectivity index (χ2v) is 7.28. The SMILES string of the molecule is CC[C@H]1[C@@H](c2ccc(OC)cc2)CC[C@@]2(CC)[C@H](O)CC[C@H]12. The Morgan fingerprint density at radius 1 is 1.14 bits per heavy atom. The van der Waals surface area contributed by atoms with E-state index in [4.69, 9.17) is 4.74 Å². The number of hydrogen-bond acceptors (Lipinski definition) is 2. The van der Waals surface area contributed by atoms with Crippen molar-refractivity contribution in [2.24, 2.45) is 17.3 Å². The monoisotopic (exact) mass is 302 g/mol. The molecule has 1 aromatic carbocycles. The third kappa shape index (κ3) is 2.36. The summed E-state index contributed by atoms with van der Waals surface area (Å²) in [5.41, 5.74) is 1.66. The van der Waals surface area contributed by atoms with E-state index in [-0.39, 0.29) is 11.5 Å². The van der Waals surface area contributed by atoms with Gasteiger partial charge in [-0.05, 0) is 73.0 Å². The van der Waals surface area contributed by atoms with Gasteiger partial charge in [-0.2, -0.15) is 0 Å². The lowest BCUT2D eigenvalue weighted by atomic mass is 9.56. The van der Waals surface area contributed by atoms with Crippen LogP contribution in [0.2, 0.25) is 0 Å². The third-order valence-electron chi connectivity index (χ3n) is 6.78. The first-order valence-electron chi connectivity index (χ1n) is 8.98. The Kier molecular flexibility index (Phi) is 4.49. The topological polar surface area (TPSA) is 29.5 Å². The molecule has 2 saturated carbocycles. The molecule has 0 bridgehead atoms. The number of ether oxygens (including phenoxy) is 1. The van der Waals surface area contributed by atoms with Crippen LogP contribution in [0.15, 0.2) is 24.3 Å². The van der Waals surface area contributed by atoms with Crippen molar-refractivity contribution >= 4 is 0 Å². The highest BCUT2D eigenvalue weighted by Crippen LogP contribution is 2.60. The van der Waals surface area contributed by atoms with Gasteiger partial charge < -0.3 is 9.84 Å². The first kappa shape index (κ1) is 15.9. The number of rotatable bonds is 4. The van der Waals surface area contributed by atoms with Gasteiger partial charge in [-0.1, -0.05) is 32.4 Å². The first-order chi connectivity index (χ1) is 10.7. The molecule has 2 fully saturated rings. The van der Waals surface area contributed by atoms with E-state index >= 15 is 0 Å². The molecule has 0 heterocycles. The van der Waals surface area contributed by atoms with Crippen LogP contribution in [-0.2, 0) is 0 Å². The molecule has 122 valence electrons. The molecule has 2 nitrogen and oxygen atoms in total. The number of hydrogen-bond donors (Lipinski definition) is 1.